The third-order valence-corrected chi connectivity index (χ3v) is 3.64. The van der Waals surface area contributed by atoms with Gasteiger partial charge in [0, 0.05) is 11.1 Å². The topological polar surface area (TPSA) is 107 Å². The van der Waals surface area contributed by atoms with Gasteiger partial charge in [-0.05, 0) is 36.8 Å². The maximum atomic E-state index is 10.8. The molecule has 1 atom stereocenters. The summed E-state index contributed by atoms with van der Waals surface area (Å²) in [6.45, 7) is 1.46. The van der Waals surface area contributed by atoms with E-state index in [4.69, 9.17) is 5.11 Å². The number of anilines is 3. The minimum atomic E-state index is -0.971. The number of nitrogens with zero attached hydrogens (tertiary/aromatic N) is 2. The second kappa shape index (κ2) is 7.14. The number of para-hydroxylation sites is 1. The van der Waals surface area contributed by atoms with Gasteiger partial charge in [0.25, 0.3) is 0 Å². The predicted octanol–water partition coefficient (Wildman–Crippen LogP) is 2.92. The largest absolute Gasteiger partial charge is 0.480 e. The number of carboxylic acid groups (broad SMARTS) is 1. The molecule has 3 rings (SSSR count). The van der Waals surface area contributed by atoms with Crippen LogP contribution in [0.25, 0.3) is 10.9 Å². The smallest absolute Gasteiger partial charge is 0.322 e. The molecule has 0 saturated heterocycles. The maximum absolute atomic E-state index is 10.8. The molecule has 7 nitrogen and oxygen atoms in total. The van der Waals surface area contributed by atoms with E-state index in [0.717, 1.165) is 16.6 Å². The Morgan fingerprint density at radius 1 is 1.16 bits per heavy atom. The van der Waals surface area contributed by atoms with Crippen molar-refractivity contribution in [2.24, 2.45) is 0 Å². The molecule has 7 heteroatoms. The molecule has 25 heavy (non-hydrogen) atoms. The first kappa shape index (κ1) is 16.7. The zero-order valence-corrected chi connectivity index (χ0v) is 13.6. The van der Waals surface area contributed by atoms with Crippen molar-refractivity contribution in [3.05, 3.63) is 54.1 Å². The molecular weight excluding hydrogens is 320 g/mol. The van der Waals surface area contributed by atoms with Gasteiger partial charge in [0.15, 0.2) is 0 Å². The zero-order valence-electron chi connectivity index (χ0n) is 13.6. The van der Waals surface area contributed by atoms with Crippen LogP contribution in [-0.2, 0) is 4.79 Å². The highest BCUT2D eigenvalue weighted by Gasteiger charge is 2.09. The molecule has 0 fully saturated rings. The van der Waals surface area contributed by atoms with E-state index in [1.54, 1.807) is 6.92 Å². The highest BCUT2D eigenvalue weighted by Crippen LogP contribution is 2.24. The molecule has 0 spiro atoms. The summed E-state index contributed by atoms with van der Waals surface area (Å²) in [7, 11) is 0. The van der Waals surface area contributed by atoms with Crippen LogP contribution >= 0.6 is 0 Å². The molecule has 0 radical (unpaired) electrons. The van der Waals surface area contributed by atoms with E-state index in [2.05, 4.69) is 20.6 Å². The molecule has 1 heterocycles. The number of carboxylic acids is 1. The van der Waals surface area contributed by atoms with Crippen LogP contribution in [0.2, 0.25) is 0 Å². The van der Waals surface area contributed by atoms with Crippen LogP contribution in [-0.4, -0.2) is 32.7 Å². The van der Waals surface area contributed by atoms with Crippen LogP contribution in [0.1, 0.15) is 18.6 Å². The Labute approximate surface area is 144 Å². The van der Waals surface area contributed by atoms with Crippen molar-refractivity contribution in [3.8, 4) is 0 Å². The number of hydrogen-bond donors (Lipinski definition) is 4. The maximum Gasteiger partial charge on any atom is 0.322 e. The van der Waals surface area contributed by atoms with Crippen LogP contribution in [0.5, 0.6) is 0 Å². The molecule has 0 aliphatic rings. The second-order valence-corrected chi connectivity index (χ2v) is 5.59. The summed E-state index contributed by atoms with van der Waals surface area (Å²) in [5.41, 5.74) is 2.20. The van der Waals surface area contributed by atoms with Gasteiger partial charge in [0.1, 0.15) is 12.4 Å². The lowest BCUT2D eigenvalue weighted by atomic mass is 10.1. The number of aliphatic hydroxyl groups excluding tert-OH is 1. The lowest BCUT2D eigenvalue weighted by molar-refractivity contribution is -0.134. The summed E-state index contributed by atoms with van der Waals surface area (Å²) in [4.78, 5) is 19.7. The van der Waals surface area contributed by atoms with Gasteiger partial charge in [0.05, 0.1) is 11.6 Å². The van der Waals surface area contributed by atoms with Gasteiger partial charge >= 0.3 is 5.97 Å². The Bertz CT molecular complexity index is 912. The van der Waals surface area contributed by atoms with Gasteiger partial charge in [0.2, 0.25) is 5.95 Å². The third-order valence-electron chi connectivity index (χ3n) is 3.64. The van der Waals surface area contributed by atoms with Crippen molar-refractivity contribution in [3.63, 3.8) is 0 Å². The van der Waals surface area contributed by atoms with Crippen molar-refractivity contribution in [1.29, 1.82) is 0 Å². The number of aliphatic carboxylic acids is 1. The Balaban J connectivity index is 1.96. The fraction of sp³-hybridized carbons (Fsp3) is 0.167. The van der Waals surface area contributed by atoms with Crippen molar-refractivity contribution < 1.29 is 15.0 Å². The van der Waals surface area contributed by atoms with Crippen LogP contribution in [0, 0.1) is 0 Å². The molecule has 0 saturated carbocycles. The minimum Gasteiger partial charge on any atom is -0.480 e. The molecule has 0 bridgehead atoms. The summed E-state index contributed by atoms with van der Waals surface area (Å²) >= 11 is 0. The Hall–Kier alpha value is -3.19. The van der Waals surface area contributed by atoms with Gasteiger partial charge in [-0.15, -0.1) is 0 Å². The molecule has 1 aromatic heterocycles. The van der Waals surface area contributed by atoms with Gasteiger partial charge in [-0.2, -0.15) is 4.98 Å². The highest BCUT2D eigenvalue weighted by atomic mass is 16.4. The third kappa shape index (κ3) is 4.02. The summed E-state index contributed by atoms with van der Waals surface area (Å²) in [6, 6.07) is 14.7. The quantitative estimate of drug-likeness (QED) is 0.547. The van der Waals surface area contributed by atoms with E-state index in [1.165, 1.54) is 0 Å². The van der Waals surface area contributed by atoms with Crippen molar-refractivity contribution in [1.82, 2.24) is 9.97 Å². The molecule has 128 valence electrons. The number of benzene rings is 2. The average molecular weight is 338 g/mol. The standard InChI is InChI=1S/C18H18N4O3/c1-11(23)12-5-4-6-13(9-12)20-18-21-15-8-3-2-7-14(15)17(22-18)19-10-16(24)25/h2-9,11,23H,10H2,1H3,(H,24,25)(H2,19,20,21,22). The van der Waals surface area contributed by atoms with Crippen LogP contribution in [0.15, 0.2) is 48.5 Å². The molecular formula is C18H18N4O3. The van der Waals surface area contributed by atoms with Crippen LogP contribution in [0.3, 0.4) is 0 Å². The van der Waals surface area contributed by atoms with Gasteiger partial charge in [-0.1, -0.05) is 24.3 Å². The lowest BCUT2D eigenvalue weighted by Crippen LogP contribution is -2.14. The number of nitrogens with one attached hydrogen (secondary N) is 2. The normalized spacial score (nSPS) is 11.9. The summed E-state index contributed by atoms with van der Waals surface area (Å²) in [6.07, 6.45) is -0.577. The Morgan fingerprint density at radius 3 is 2.72 bits per heavy atom. The van der Waals surface area contributed by atoms with Gasteiger partial charge in [-0.25, -0.2) is 4.98 Å². The number of rotatable bonds is 6. The molecule has 0 aliphatic carbocycles. The zero-order chi connectivity index (χ0) is 17.8. The molecule has 4 N–H and O–H groups in total. The van der Waals surface area contributed by atoms with Crippen LogP contribution in [0.4, 0.5) is 17.5 Å². The molecule has 1 unspecified atom stereocenters. The number of hydrogen-bond acceptors (Lipinski definition) is 6. The van der Waals surface area contributed by atoms with Gasteiger partial charge < -0.3 is 20.8 Å². The predicted molar refractivity (Wildman–Crippen MR) is 96.0 cm³/mol. The molecule has 0 amide bonds. The van der Waals surface area contributed by atoms with E-state index < -0.39 is 12.1 Å². The number of aromatic nitrogens is 2. The van der Waals surface area contributed by atoms with Crippen LogP contribution < -0.4 is 10.6 Å². The first-order valence-corrected chi connectivity index (χ1v) is 7.80. The summed E-state index contributed by atoms with van der Waals surface area (Å²) in [5, 5.41) is 25.2. The van der Waals surface area contributed by atoms with Crippen molar-refractivity contribution >= 4 is 34.3 Å². The molecule has 2 aromatic carbocycles. The summed E-state index contributed by atoms with van der Waals surface area (Å²) in [5.74, 6) is -0.182. The monoisotopic (exact) mass is 338 g/mol. The van der Waals surface area contributed by atoms with Crippen molar-refractivity contribution in [2.45, 2.75) is 13.0 Å². The lowest BCUT2D eigenvalue weighted by Gasteiger charge is -2.12. The van der Waals surface area contributed by atoms with Crippen molar-refractivity contribution in [2.75, 3.05) is 17.2 Å². The van der Waals surface area contributed by atoms with E-state index in [-0.39, 0.29) is 6.54 Å². The van der Waals surface area contributed by atoms with E-state index in [1.807, 2.05) is 48.5 Å². The number of carbonyl (C=O) groups is 1. The summed E-state index contributed by atoms with van der Waals surface area (Å²) < 4.78 is 0. The average Bonchev–Trinajstić information content (AvgIpc) is 2.59. The minimum absolute atomic E-state index is 0.238. The molecule has 3 aromatic rings. The fourth-order valence-electron chi connectivity index (χ4n) is 2.43. The van der Waals surface area contributed by atoms with E-state index >= 15 is 0 Å². The first-order chi connectivity index (χ1) is 12.0. The van der Waals surface area contributed by atoms with E-state index in [9.17, 15) is 9.90 Å². The highest BCUT2D eigenvalue weighted by molar-refractivity contribution is 5.91. The van der Waals surface area contributed by atoms with Gasteiger partial charge in [-0.3, -0.25) is 4.79 Å². The first-order valence-electron chi connectivity index (χ1n) is 7.80. The second-order valence-electron chi connectivity index (χ2n) is 5.59. The van der Waals surface area contributed by atoms with E-state index in [0.29, 0.717) is 17.3 Å². The fourth-order valence-corrected chi connectivity index (χ4v) is 2.43. The Morgan fingerprint density at radius 2 is 1.96 bits per heavy atom. The number of fused-ring (bicyclic) bond motifs is 1. The Kier molecular flexibility index (Phi) is 4.76. The molecule has 0 aliphatic heterocycles. The number of aliphatic hydroxyl groups is 1. The SMILES string of the molecule is CC(O)c1cccc(Nc2nc(NCC(=O)O)c3ccccc3n2)c1.